The number of nitrogens with zero attached hydrogens (tertiary/aromatic N) is 3. The highest BCUT2D eigenvalue weighted by Gasteiger charge is 2.33. The van der Waals surface area contributed by atoms with Crippen molar-refractivity contribution in [2.24, 2.45) is 0 Å². The lowest BCUT2D eigenvalue weighted by molar-refractivity contribution is 0.194. The summed E-state index contributed by atoms with van der Waals surface area (Å²) >= 11 is 6.03. The van der Waals surface area contributed by atoms with E-state index < -0.39 is 0 Å². The molecule has 0 saturated heterocycles. The Morgan fingerprint density at radius 2 is 1.67 bits per heavy atom. The highest BCUT2D eigenvalue weighted by atomic mass is 35.5. The topological polar surface area (TPSA) is 40.5 Å². The van der Waals surface area contributed by atoms with Gasteiger partial charge in [-0.05, 0) is 65.7 Å². The summed E-state index contributed by atoms with van der Waals surface area (Å²) in [6, 6.07) is 27.5. The fourth-order valence-corrected chi connectivity index (χ4v) is 4.50. The Kier molecular flexibility index (Phi) is 5.56. The second-order valence-corrected chi connectivity index (χ2v) is 8.82. The first-order chi connectivity index (χ1) is 16.0. The molecule has 0 aliphatic carbocycles. The first-order valence-corrected chi connectivity index (χ1v) is 11.2. The number of anilines is 2. The molecule has 4 aromatic rings. The van der Waals surface area contributed by atoms with Crippen molar-refractivity contribution in [1.29, 1.82) is 0 Å². The van der Waals surface area contributed by atoms with Crippen molar-refractivity contribution < 1.29 is 4.79 Å². The number of aromatic nitrogens is 1. The van der Waals surface area contributed by atoms with Crippen molar-refractivity contribution >= 4 is 29.0 Å². The summed E-state index contributed by atoms with van der Waals surface area (Å²) in [6.45, 7) is 0.484. The van der Waals surface area contributed by atoms with Gasteiger partial charge < -0.3 is 19.7 Å². The third kappa shape index (κ3) is 4.08. The minimum Gasteiger partial charge on any atom is -0.378 e. The maximum Gasteiger partial charge on any atom is 0.322 e. The molecule has 5 nitrogen and oxygen atoms in total. The summed E-state index contributed by atoms with van der Waals surface area (Å²) in [4.78, 5) is 17.6. The van der Waals surface area contributed by atoms with E-state index in [2.05, 4.69) is 63.4 Å². The summed E-state index contributed by atoms with van der Waals surface area (Å²) in [5, 5.41) is 3.69. The minimum atomic E-state index is -0.254. The number of carbonyl (C=O) groups excluding carboxylic acids is 1. The standard InChI is InChI=1S/C27H25ClN4O/c1-30(2)23-15-9-19(10-16-23)26-25-8-5-17-31(25)24-7-4-3-6-20(24)18-32(26)27(33)29-22-13-11-21(28)12-14-22/h3-17,26H,18H2,1-2H3,(H,29,33)/t26-/m1/s1. The smallest absolute Gasteiger partial charge is 0.322 e. The van der Waals surface area contributed by atoms with Gasteiger partial charge in [-0.2, -0.15) is 0 Å². The maximum absolute atomic E-state index is 13.7. The maximum atomic E-state index is 13.7. The lowest BCUT2D eigenvalue weighted by Gasteiger charge is -2.31. The van der Waals surface area contributed by atoms with Crippen LogP contribution in [-0.4, -0.2) is 29.6 Å². The van der Waals surface area contributed by atoms with Crippen LogP contribution in [0, 0.1) is 0 Å². The number of fused-ring (bicyclic) bond motifs is 3. The molecule has 0 fully saturated rings. The van der Waals surface area contributed by atoms with Crippen LogP contribution in [0.5, 0.6) is 0 Å². The third-order valence-electron chi connectivity index (χ3n) is 6.05. The summed E-state index contributed by atoms with van der Waals surface area (Å²) < 4.78 is 2.19. The molecule has 6 heteroatoms. The molecule has 1 N–H and O–H groups in total. The van der Waals surface area contributed by atoms with Gasteiger partial charge in [-0.25, -0.2) is 4.79 Å². The van der Waals surface area contributed by atoms with Crippen LogP contribution in [0.15, 0.2) is 91.1 Å². The number of hydrogen-bond acceptors (Lipinski definition) is 2. The number of amides is 2. The lowest BCUT2D eigenvalue weighted by atomic mass is 10.0. The van der Waals surface area contributed by atoms with E-state index in [4.69, 9.17) is 11.6 Å². The number of rotatable bonds is 3. The summed E-state index contributed by atoms with van der Waals surface area (Å²) in [5.74, 6) is 0. The van der Waals surface area contributed by atoms with Gasteiger partial charge in [0.2, 0.25) is 0 Å². The normalized spacial score (nSPS) is 14.8. The SMILES string of the molecule is CN(C)c1ccc([C@@H]2c3cccn3-c3ccccc3CN2C(=O)Nc2ccc(Cl)cc2)cc1. The van der Waals surface area contributed by atoms with E-state index in [1.54, 1.807) is 12.1 Å². The molecule has 1 aliphatic rings. The number of halogens is 1. The molecule has 0 spiro atoms. The second kappa shape index (κ2) is 8.68. The van der Waals surface area contributed by atoms with E-state index in [1.165, 1.54) is 0 Å². The van der Waals surface area contributed by atoms with Crippen molar-refractivity contribution in [2.75, 3.05) is 24.3 Å². The van der Waals surface area contributed by atoms with Crippen LogP contribution < -0.4 is 10.2 Å². The molecule has 1 aliphatic heterocycles. The van der Waals surface area contributed by atoms with Crippen LogP contribution >= 0.6 is 11.6 Å². The lowest BCUT2D eigenvalue weighted by Crippen LogP contribution is -2.37. The van der Waals surface area contributed by atoms with Crippen molar-refractivity contribution in [1.82, 2.24) is 9.47 Å². The van der Waals surface area contributed by atoms with Gasteiger partial charge in [-0.15, -0.1) is 0 Å². The summed E-state index contributed by atoms with van der Waals surface area (Å²) in [6.07, 6.45) is 2.07. The van der Waals surface area contributed by atoms with Crippen molar-refractivity contribution in [3.63, 3.8) is 0 Å². The molecular weight excluding hydrogens is 432 g/mol. The van der Waals surface area contributed by atoms with Gasteiger partial charge in [0, 0.05) is 42.4 Å². The molecule has 0 bridgehead atoms. The monoisotopic (exact) mass is 456 g/mol. The van der Waals surface area contributed by atoms with Crippen LogP contribution in [-0.2, 0) is 6.54 Å². The zero-order chi connectivity index (χ0) is 22.9. The van der Waals surface area contributed by atoms with Gasteiger partial charge in [0.05, 0.1) is 18.3 Å². The molecule has 2 amide bonds. The Morgan fingerprint density at radius 3 is 2.39 bits per heavy atom. The predicted octanol–water partition coefficient (Wildman–Crippen LogP) is 6.33. The second-order valence-electron chi connectivity index (χ2n) is 8.39. The molecule has 0 saturated carbocycles. The van der Waals surface area contributed by atoms with Crippen molar-refractivity contribution in [2.45, 2.75) is 12.6 Å². The highest BCUT2D eigenvalue weighted by molar-refractivity contribution is 6.30. The quantitative estimate of drug-likeness (QED) is 0.391. The first kappa shape index (κ1) is 21.2. The van der Waals surface area contributed by atoms with E-state index in [-0.39, 0.29) is 12.1 Å². The Bertz CT molecular complexity index is 1280. The first-order valence-electron chi connectivity index (χ1n) is 10.9. The molecule has 3 aromatic carbocycles. The molecule has 2 heterocycles. The highest BCUT2D eigenvalue weighted by Crippen LogP contribution is 2.37. The molecule has 0 radical (unpaired) electrons. The van der Waals surface area contributed by atoms with Crippen LogP contribution in [0.25, 0.3) is 5.69 Å². The fourth-order valence-electron chi connectivity index (χ4n) is 4.37. The zero-order valence-corrected chi connectivity index (χ0v) is 19.3. The van der Waals surface area contributed by atoms with E-state index in [0.29, 0.717) is 17.3 Å². The Balaban J connectivity index is 1.61. The zero-order valence-electron chi connectivity index (χ0n) is 18.6. The van der Waals surface area contributed by atoms with E-state index in [1.807, 2.05) is 49.3 Å². The molecule has 33 heavy (non-hydrogen) atoms. The average molecular weight is 457 g/mol. The van der Waals surface area contributed by atoms with Gasteiger partial charge in [0.15, 0.2) is 0 Å². The van der Waals surface area contributed by atoms with E-state index in [9.17, 15) is 4.79 Å². The van der Waals surface area contributed by atoms with Crippen LogP contribution in [0.3, 0.4) is 0 Å². The van der Waals surface area contributed by atoms with Crippen LogP contribution in [0.1, 0.15) is 22.9 Å². The largest absolute Gasteiger partial charge is 0.378 e. The predicted molar refractivity (Wildman–Crippen MR) is 134 cm³/mol. The molecular formula is C27H25ClN4O. The van der Waals surface area contributed by atoms with Gasteiger partial charge in [-0.1, -0.05) is 41.9 Å². The van der Waals surface area contributed by atoms with Gasteiger partial charge in [0.1, 0.15) is 0 Å². The average Bonchev–Trinajstić information content (AvgIpc) is 3.25. The van der Waals surface area contributed by atoms with Crippen LogP contribution in [0.4, 0.5) is 16.2 Å². The van der Waals surface area contributed by atoms with Gasteiger partial charge >= 0.3 is 6.03 Å². The van der Waals surface area contributed by atoms with Crippen molar-refractivity contribution in [3.05, 3.63) is 113 Å². The number of para-hydroxylation sites is 1. The molecule has 1 aromatic heterocycles. The fraction of sp³-hybridized carbons (Fsp3) is 0.148. The Hall–Kier alpha value is -3.70. The Morgan fingerprint density at radius 1 is 0.939 bits per heavy atom. The number of carbonyl (C=O) groups is 1. The number of urea groups is 1. The Labute approximate surface area is 198 Å². The van der Waals surface area contributed by atoms with E-state index in [0.717, 1.165) is 28.2 Å². The molecule has 166 valence electrons. The summed E-state index contributed by atoms with van der Waals surface area (Å²) in [7, 11) is 4.04. The number of nitrogens with one attached hydrogen (secondary N) is 1. The number of hydrogen-bond donors (Lipinski definition) is 1. The molecule has 1 atom stereocenters. The van der Waals surface area contributed by atoms with Crippen LogP contribution in [0.2, 0.25) is 5.02 Å². The summed E-state index contributed by atoms with van der Waals surface area (Å²) in [5.41, 5.74) is 6.11. The van der Waals surface area contributed by atoms with Gasteiger partial charge in [0.25, 0.3) is 0 Å². The van der Waals surface area contributed by atoms with Crippen molar-refractivity contribution in [3.8, 4) is 5.69 Å². The van der Waals surface area contributed by atoms with Gasteiger partial charge in [-0.3, -0.25) is 0 Å². The minimum absolute atomic E-state index is 0.163. The number of benzene rings is 3. The molecule has 5 rings (SSSR count). The molecule has 0 unspecified atom stereocenters. The third-order valence-corrected chi connectivity index (χ3v) is 6.30. The van der Waals surface area contributed by atoms with E-state index >= 15 is 0 Å².